The molecule has 1 aromatic heterocycles. The maximum absolute atomic E-state index is 14.0. The van der Waals surface area contributed by atoms with Crippen molar-refractivity contribution in [2.45, 2.75) is 6.92 Å². The van der Waals surface area contributed by atoms with Gasteiger partial charge in [0.1, 0.15) is 10.4 Å². The minimum atomic E-state index is -0.417. The standard InChI is InChI=1S/C12H10BrFN2O/c1-7-15-9(6-11(13)16-7)8-4-3-5-10(17-2)12(8)14/h3-6H,1-2H3. The van der Waals surface area contributed by atoms with E-state index < -0.39 is 5.82 Å². The van der Waals surface area contributed by atoms with Gasteiger partial charge in [-0.25, -0.2) is 14.4 Å². The minimum absolute atomic E-state index is 0.204. The maximum Gasteiger partial charge on any atom is 0.174 e. The van der Waals surface area contributed by atoms with Gasteiger partial charge in [0, 0.05) is 5.56 Å². The van der Waals surface area contributed by atoms with Crippen LogP contribution < -0.4 is 4.74 Å². The van der Waals surface area contributed by atoms with E-state index in [1.807, 2.05) is 0 Å². The van der Waals surface area contributed by atoms with E-state index in [4.69, 9.17) is 4.74 Å². The average molecular weight is 297 g/mol. The summed E-state index contributed by atoms with van der Waals surface area (Å²) in [6.07, 6.45) is 0. The Morgan fingerprint density at radius 2 is 2.06 bits per heavy atom. The molecule has 5 heteroatoms. The Bertz CT molecular complexity index is 540. The fraction of sp³-hybridized carbons (Fsp3) is 0.167. The number of aryl methyl sites for hydroxylation is 1. The zero-order valence-corrected chi connectivity index (χ0v) is 11.0. The van der Waals surface area contributed by atoms with Crippen molar-refractivity contribution in [3.63, 3.8) is 0 Å². The third kappa shape index (κ3) is 2.44. The first-order chi connectivity index (χ1) is 8.11. The summed E-state index contributed by atoms with van der Waals surface area (Å²) < 4.78 is 19.6. The molecule has 0 amide bonds. The highest BCUT2D eigenvalue weighted by Crippen LogP contribution is 2.28. The van der Waals surface area contributed by atoms with E-state index in [1.165, 1.54) is 7.11 Å². The Balaban J connectivity index is 2.60. The number of aromatic nitrogens is 2. The smallest absolute Gasteiger partial charge is 0.174 e. The highest BCUT2D eigenvalue weighted by atomic mass is 79.9. The normalized spacial score (nSPS) is 10.4. The first-order valence-electron chi connectivity index (χ1n) is 4.96. The molecule has 17 heavy (non-hydrogen) atoms. The second kappa shape index (κ2) is 4.79. The van der Waals surface area contributed by atoms with Crippen molar-refractivity contribution in [3.8, 4) is 17.0 Å². The predicted molar refractivity (Wildman–Crippen MR) is 66.4 cm³/mol. The molecule has 0 bridgehead atoms. The fourth-order valence-corrected chi connectivity index (χ4v) is 2.01. The third-order valence-corrected chi connectivity index (χ3v) is 2.67. The van der Waals surface area contributed by atoms with Gasteiger partial charge in [-0.3, -0.25) is 0 Å². The Kier molecular flexibility index (Phi) is 3.38. The van der Waals surface area contributed by atoms with Crippen LogP contribution in [0.1, 0.15) is 5.82 Å². The Hall–Kier alpha value is -1.49. The van der Waals surface area contributed by atoms with Crippen LogP contribution in [0.3, 0.4) is 0 Å². The van der Waals surface area contributed by atoms with Gasteiger partial charge in [-0.15, -0.1) is 0 Å². The van der Waals surface area contributed by atoms with Gasteiger partial charge in [0.2, 0.25) is 0 Å². The summed E-state index contributed by atoms with van der Waals surface area (Å²) in [6.45, 7) is 1.76. The number of halogens is 2. The van der Waals surface area contributed by atoms with Crippen LogP contribution in [0.5, 0.6) is 5.75 Å². The monoisotopic (exact) mass is 296 g/mol. The molecule has 0 spiro atoms. The molecule has 1 aromatic carbocycles. The van der Waals surface area contributed by atoms with E-state index in [1.54, 1.807) is 31.2 Å². The van der Waals surface area contributed by atoms with Crippen molar-refractivity contribution in [3.05, 3.63) is 40.5 Å². The van der Waals surface area contributed by atoms with Crippen molar-refractivity contribution in [1.29, 1.82) is 0 Å². The van der Waals surface area contributed by atoms with Crippen molar-refractivity contribution >= 4 is 15.9 Å². The van der Waals surface area contributed by atoms with Gasteiger partial charge in [0.05, 0.1) is 12.8 Å². The molecule has 2 rings (SSSR count). The average Bonchev–Trinajstić information content (AvgIpc) is 2.28. The van der Waals surface area contributed by atoms with Crippen molar-refractivity contribution in [2.24, 2.45) is 0 Å². The van der Waals surface area contributed by atoms with Crippen LogP contribution in [0.4, 0.5) is 4.39 Å². The topological polar surface area (TPSA) is 35.0 Å². The number of hydrogen-bond donors (Lipinski definition) is 0. The minimum Gasteiger partial charge on any atom is -0.494 e. The number of nitrogens with zero attached hydrogens (tertiary/aromatic N) is 2. The van der Waals surface area contributed by atoms with E-state index in [-0.39, 0.29) is 5.75 Å². The molecule has 1 heterocycles. The van der Waals surface area contributed by atoms with Crippen LogP contribution >= 0.6 is 15.9 Å². The zero-order chi connectivity index (χ0) is 12.4. The van der Waals surface area contributed by atoms with Gasteiger partial charge in [-0.05, 0) is 41.1 Å². The molecule has 0 radical (unpaired) electrons. The second-order valence-corrected chi connectivity index (χ2v) is 4.26. The molecule has 0 aliphatic rings. The lowest BCUT2D eigenvalue weighted by Crippen LogP contribution is -1.96. The van der Waals surface area contributed by atoms with Crippen LogP contribution in [-0.2, 0) is 0 Å². The summed E-state index contributed by atoms with van der Waals surface area (Å²) in [7, 11) is 1.43. The lowest BCUT2D eigenvalue weighted by Gasteiger charge is -2.07. The number of hydrogen-bond acceptors (Lipinski definition) is 3. The van der Waals surface area contributed by atoms with E-state index in [0.29, 0.717) is 21.7 Å². The summed E-state index contributed by atoms with van der Waals surface area (Å²) in [5, 5.41) is 0. The first-order valence-corrected chi connectivity index (χ1v) is 5.75. The van der Waals surface area contributed by atoms with Crippen LogP contribution in [-0.4, -0.2) is 17.1 Å². The Labute approximate surface area is 107 Å². The lowest BCUT2D eigenvalue weighted by atomic mass is 10.1. The molecule has 2 aromatic rings. The summed E-state index contributed by atoms with van der Waals surface area (Å²) >= 11 is 3.27. The Morgan fingerprint density at radius 3 is 2.71 bits per heavy atom. The van der Waals surface area contributed by atoms with E-state index in [0.717, 1.165) is 0 Å². The van der Waals surface area contributed by atoms with E-state index >= 15 is 0 Å². The van der Waals surface area contributed by atoms with Crippen LogP contribution in [0.2, 0.25) is 0 Å². The second-order valence-electron chi connectivity index (χ2n) is 3.44. The number of methoxy groups -OCH3 is 1. The largest absolute Gasteiger partial charge is 0.494 e. The summed E-state index contributed by atoms with van der Waals surface area (Å²) in [5.74, 6) is 0.367. The molecular weight excluding hydrogens is 287 g/mol. The highest BCUT2D eigenvalue weighted by molar-refractivity contribution is 9.10. The van der Waals surface area contributed by atoms with Gasteiger partial charge < -0.3 is 4.74 Å². The Morgan fingerprint density at radius 1 is 1.29 bits per heavy atom. The van der Waals surface area contributed by atoms with Gasteiger partial charge in [-0.1, -0.05) is 6.07 Å². The molecule has 0 fully saturated rings. The molecular formula is C12H10BrFN2O. The summed E-state index contributed by atoms with van der Waals surface area (Å²) in [4.78, 5) is 8.29. The molecule has 0 aliphatic carbocycles. The number of rotatable bonds is 2. The molecule has 0 unspecified atom stereocenters. The number of ether oxygens (including phenoxy) is 1. The van der Waals surface area contributed by atoms with Crippen molar-refractivity contribution in [1.82, 2.24) is 9.97 Å². The molecule has 0 N–H and O–H groups in total. The van der Waals surface area contributed by atoms with Crippen LogP contribution in [0.15, 0.2) is 28.9 Å². The third-order valence-electron chi connectivity index (χ3n) is 2.27. The quantitative estimate of drug-likeness (QED) is 0.797. The molecule has 0 saturated heterocycles. The first kappa shape index (κ1) is 12.0. The van der Waals surface area contributed by atoms with Crippen LogP contribution in [0, 0.1) is 12.7 Å². The number of benzene rings is 1. The van der Waals surface area contributed by atoms with Crippen molar-refractivity contribution in [2.75, 3.05) is 7.11 Å². The fourth-order valence-electron chi connectivity index (χ4n) is 1.54. The molecule has 88 valence electrons. The SMILES string of the molecule is COc1cccc(-c2cc(Br)nc(C)n2)c1F. The molecule has 0 atom stereocenters. The van der Waals surface area contributed by atoms with E-state index in [2.05, 4.69) is 25.9 Å². The molecule has 3 nitrogen and oxygen atoms in total. The highest BCUT2D eigenvalue weighted by Gasteiger charge is 2.12. The molecule has 0 aliphatic heterocycles. The van der Waals surface area contributed by atoms with Crippen molar-refractivity contribution < 1.29 is 9.13 Å². The molecule has 0 saturated carbocycles. The van der Waals surface area contributed by atoms with Gasteiger partial charge >= 0.3 is 0 Å². The predicted octanol–water partition coefficient (Wildman–Crippen LogP) is 3.36. The van der Waals surface area contributed by atoms with Crippen LogP contribution in [0.25, 0.3) is 11.3 Å². The summed E-state index contributed by atoms with van der Waals surface area (Å²) in [5.41, 5.74) is 0.927. The maximum atomic E-state index is 14.0. The summed E-state index contributed by atoms with van der Waals surface area (Å²) in [6, 6.07) is 6.63. The van der Waals surface area contributed by atoms with Gasteiger partial charge in [0.15, 0.2) is 11.6 Å². The zero-order valence-electron chi connectivity index (χ0n) is 9.37. The van der Waals surface area contributed by atoms with Gasteiger partial charge in [0.25, 0.3) is 0 Å². The van der Waals surface area contributed by atoms with E-state index in [9.17, 15) is 4.39 Å². The lowest BCUT2D eigenvalue weighted by molar-refractivity contribution is 0.387. The van der Waals surface area contributed by atoms with Gasteiger partial charge in [-0.2, -0.15) is 0 Å².